The summed E-state index contributed by atoms with van der Waals surface area (Å²) < 4.78 is 41.1. The molecule has 23 heavy (non-hydrogen) atoms. The largest absolute Gasteiger partial charge is 0.416 e. The van der Waals surface area contributed by atoms with Gasteiger partial charge in [0.15, 0.2) is 0 Å². The van der Waals surface area contributed by atoms with E-state index >= 15 is 0 Å². The highest BCUT2D eigenvalue weighted by Gasteiger charge is 2.34. The number of nitrogens with zero attached hydrogens (tertiary/aromatic N) is 2. The first-order valence-corrected chi connectivity index (χ1v) is 7.60. The van der Waals surface area contributed by atoms with E-state index in [1.165, 1.54) is 12.1 Å². The van der Waals surface area contributed by atoms with E-state index in [1.807, 2.05) is 10.7 Å². The molecule has 0 aliphatic carbocycles. The SMILES string of the molecule is C[C@@H](NC[C@@H]1CNc2ccnn2C1)c1ccccc1C(F)(F)F. The Hall–Kier alpha value is -2.02. The molecule has 0 bridgehead atoms. The van der Waals surface area contributed by atoms with Gasteiger partial charge in [0.2, 0.25) is 0 Å². The van der Waals surface area contributed by atoms with E-state index in [0.29, 0.717) is 6.54 Å². The van der Waals surface area contributed by atoms with Crippen LogP contribution in [0.25, 0.3) is 0 Å². The second kappa shape index (κ2) is 6.23. The minimum absolute atomic E-state index is 0.280. The lowest BCUT2D eigenvalue weighted by Crippen LogP contribution is -2.36. The zero-order chi connectivity index (χ0) is 16.4. The third-order valence-electron chi connectivity index (χ3n) is 4.16. The summed E-state index contributed by atoms with van der Waals surface area (Å²) in [6.07, 6.45) is -2.59. The number of halogens is 3. The third kappa shape index (κ3) is 3.50. The maximum Gasteiger partial charge on any atom is 0.416 e. The molecule has 1 aliphatic heterocycles. The van der Waals surface area contributed by atoms with E-state index in [4.69, 9.17) is 0 Å². The molecule has 3 rings (SSSR count). The molecule has 124 valence electrons. The smallest absolute Gasteiger partial charge is 0.370 e. The zero-order valence-corrected chi connectivity index (χ0v) is 12.8. The number of hydrogen-bond donors (Lipinski definition) is 2. The number of fused-ring (bicyclic) bond motifs is 1. The third-order valence-corrected chi connectivity index (χ3v) is 4.16. The van der Waals surface area contributed by atoms with Crippen molar-refractivity contribution in [2.75, 3.05) is 18.4 Å². The number of aromatic nitrogens is 2. The van der Waals surface area contributed by atoms with E-state index in [2.05, 4.69) is 15.7 Å². The van der Waals surface area contributed by atoms with Gasteiger partial charge in [0.05, 0.1) is 11.8 Å². The van der Waals surface area contributed by atoms with Gasteiger partial charge in [-0.05, 0) is 18.6 Å². The minimum Gasteiger partial charge on any atom is -0.370 e. The standard InChI is InChI=1S/C16H19F3N4/c1-11(13-4-2-3-5-14(13)16(17,18)19)20-8-12-9-21-15-6-7-22-23(15)10-12/h2-7,11-12,20-21H,8-10H2,1H3/t11-,12-/m1/s1. The van der Waals surface area contributed by atoms with Crippen LogP contribution in [-0.2, 0) is 12.7 Å². The summed E-state index contributed by atoms with van der Waals surface area (Å²) in [7, 11) is 0. The average Bonchev–Trinajstić information content (AvgIpc) is 2.99. The van der Waals surface area contributed by atoms with Crippen molar-refractivity contribution in [1.29, 1.82) is 0 Å². The number of benzene rings is 1. The van der Waals surface area contributed by atoms with E-state index in [9.17, 15) is 13.2 Å². The highest BCUT2D eigenvalue weighted by molar-refractivity contribution is 5.35. The molecule has 2 heterocycles. The summed E-state index contributed by atoms with van der Waals surface area (Å²) in [5.74, 6) is 1.26. The Morgan fingerprint density at radius 3 is 2.91 bits per heavy atom. The van der Waals surface area contributed by atoms with Gasteiger partial charge in [0.1, 0.15) is 5.82 Å². The fourth-order valence-electron chi connectivity index (χ4n) is 2.91. The van der Waals surface area contributed by atoms with Crippen molar-refractivity contribution in [2.24, 2.45) is 5.92 Å². The van der Waals surface area contributed by atoms with Crippen LogP contribution in [0.5, 0.6) is 0 Å². The molecule has 1 aliphatic rings. The summed E-state index contributed by atoms with van der Waals surface area (Å²) in [5.41, 5.74) is -0.292. The fraction of sp³-hybridized carbons (Fsp3) is 0.438. The van der Waals surface area contributed by atoms with E-state index in [0.717, 1.165) is 25.0 Å². The van der Waals surface area contributed by atoms with Crippen molar-refractivity contribution in [2.45, 2.75) is 25.7 Å². The molecule has 0 amide bonds. The summed E-state index contributed by atoms with van der Waals surface area (Å²) in [5, 5.41) is 10.7. The molecule has 1 aromatic heterocycles. The van der Waals surface area contributed by atoms with Crippen LogP contribution >= 0.6 is 0 Å². The highest BCUT2D eigenvalue weighted by atomic mass is 19.4. The quantitative estimate of drug-likeness (QED) is 0.907. The highest BCUT2D eigenvalue weighted by Crippen LogP contribution is 2.34. The summed E-state index contributed by atoms with van der Waals surface area (Å²) in [6, 6.07) is 7.26. The summed E-state index contributed by atoms with van der Waals surface area (Å²) in [4.78, 5) is 0. The van der Waals surface area contributed by atoms with Crippen molar-refractivity contribution in [3.8, 4) is 0 Å². The molecular formula is C16H19F3N4. The first-order chi connectivity index (χ1) is 10.9. The first-order valence-electron chi connectivity index (χ1n) is 7.60. The van der Waals surface area contributed by atoms with Crippen LogP contribution in [0.2, 0.25) is 0 Å². The van der Waals surface area contributed by atoms with E-state index in [-0.39, 0.29) is 17.5 Å². The van der Waals surface area contributed by atoms with Crippen LogP contribution in [-0.4, -0.2) is 22.9 Å². The van der Waals surface area contributed by atoms with Gasteiger partial charge in [-0.25, -0.2) is 4.68 Å². The van der Waals surface area contributed by atoms with Gasteiger partial charge < -0.3 is 10.6 Å². The number of hydrogen-bond acceptors (Lipinski definition) is 3. The van der Waals surface area contributed by atoms with Gasteiger partial charge in [-0.2, -0.15) is 18.3 Å². The molecular weight excluding hydrogens is 305 g/mol. The van der Waals surface area contributed by atoms with Crippen LogP contribution in [0.3, 0.4) is 0 Å². The minimum atomic E-state index is -4.33. The van der Waals surface area contributed by atoms with Crippen molar-refractivity contribution in [3.05, 3.63) is 47.7 Å². The normalized spacial score (nSPS) is 19.0. The van der Waals surface area contributed by atoms with Gasteiger partial charge in [0.25, 0.3) is 0 Å². The Balaban J connectivity index is 1.64. The summed E-state index contributed by atoms with van der Waals surface area (Å²) >= 11 is 0. The maximum absolute atomic E-state index is 13.1. The molecule has 0 saturated carbocycles. The Morgan fingerprint density at radius 2 is 2.13 bits per heavy atom. The van der Waals surface area contributed by atoms with Crippen LogP contribution in [0.4, 0.5) is 19.0 Å². The molecule has 0 spiro atoms. The summed E-state index contributed by atoms with van der Waals surface area (Å²) in [6.45, 7) is 3.93. The lowest BCUT2D eigenvalue weighted by atomic mass is 10.00. The molecule has 0 radical (unpaired) electrons. The topological polar surface area (TPSA) is 41.9 Å². The Kier molecular flexibility index (Phi) is 4.30. The lowest BCUT2D eigenvalue weighted by molar-refractivity contribution is -0.138. The Bertz CT molecular complexity index is 665. The van der Waals surface area contributed by atoms with Gasteiger partial charge in [-0.15, -0.1) is 0 Å². The predicted octanol–water partition coefficient (Wildman–Crippen LogP) is 3.29. The van der Waals surface area contributed by atoms with Crippen molar-refractivity contribution >= 4 is 5.82 Å². The van der Waals surface area contributed by atoms with Gasteiger partial charge >= 0.3 is 6.18 Å². The van der Waals surface area contributed by atoms with Crippen molar-refractivity contribution < 1.29 is 13.2 Å². The molecule has 1 aromatic carbocycles. The molecule has 0 unspecified atom stereocenters. The second-order valence-electron chi connectivity index (χ2n) is 5.86. The van der Waals surface area contributed by atoms with Gasteiger partial charge in [-0.1, -0.05) is 18.2 Å². The van der Waals surface area contributed by atoms with Crippen molar-refractivity contribution in [1.82, 2.24) is 15.1 Å². The molecule has 2 atom stereocenters. The van der Waals surface area contributed by atoms with E-state index in [1.54, 1.807) is 19.2 Å². The number of alkyl halides is 3. The average molecular weight is 324 g/mol. The van der Waals surface area contributed by atoms with Crippen molar-refractivity contribution in [3.63, 3.8) is 0 Å². The molecule has 0 fully saturated rings. The second-order valence-corrected chi connectivity index (χ2v) is 5.86. The maximum atomic E-state index is 13.1. The molecule has 2 N–H and O–H groups in total. The molecule has 2 aromatic rings. The van der Waals surface area contributed by atoms with Gasteiger partial charge in [0, 0.05) is 37.7 Å². The number of nitrogens with one attached hydrogen (secondary N) is 2. The first kappa shape index (κ1) is 15.9. The zero-order valence-electron chi connectivity index (χ0n) is 12.8. The molecule has 4 nitrogen and oxygen atoms in total. The van der Waals surface area contributed by atoms with Gasteiger partial charge in [-0.3, -0.25) is 0 Å². The van der Waals surface area contributed by atoms with Crippen LogP contribution in [0, 0.1) is 5.92 Å². The predicted molar refractivity (Wildman–Crippen MR) is 82.1 cm³/mol. The molecule has 7 heteroatoms. The Morgan fingerprint density at radius 1 is 1.35 bits per heavy atom. The van der Waals surface area contributed by atoms with Crippen LogP contribution in [0.1, 0.15) is 24.1 Å². The monoisotopic (exact) mass is 324 g/mol. The Labute approximate surface area is 132 Å². The number of anilines is 1. The fourth-order valence-corrected chi connectivity index (χ4v) is 2.91. The lowest BCUT2D eigenvalue weighted by Gasteiger charge is -2.27. The van der Waals surface area contributed by atoms with E-state index < -0.39 is 11.7 Å². The van der Waals surface area contributed by atoms with Crippen LogP contribution < -0.4 is 10.6 Å². The number of rotatable bonds is 4. The molecule has 0 saturated heterocycles. The van der Waals surface area contributed by atoms with Crippen LogP contribution in [0.15, 0.2) is 36.5 Å².